The van der Waals surface area contributed by atoms with E-state index >= 15 is 0 Å². The van der Waals surface area contributed by atoms with Crippen LogP contribution in [0.4, 0.5) is 0 Å². The molecule has 0 saturated heterocycles. The largest absolute Gasteiger partial charge is 0.468 e. The van der Waals surface area contributed by atoms with Crippen LogP contribution >= 0.6 is 11.3 Å². The maximum atomic E-state index is 11.8. The van der Waals surface area contributed by atoms with E-state index < -0.39 is 11.4 Å². The van der Waals surface area contributed by atoms with Crippen LogP contribution in [0, 0.1) is 5.41 Å². The molecule has 1 heterocycles. The second kappa shape index (κ2) is 3.92. The zero-order chi connectivity index (χ0) is 10.8. The Morgan fingerprint density at radius 2 is 2.07 bits per heavy atom. The third-order valence-corrected chi connectivity index (χ3v) is 2.88. The number of thiophene rings is 1. The molecule has 0 unspecified atom stereocenters. The van der Waals surface area contributed by atoms with Gasteiger partial charge in [0, 0.05) is 0 Å². The molecule has 1 aromatic rings. The predicted molar refractivity (Wildman–Crippen MR) is 54.4 cm³/mol. The first kappa shape index (κ1) is 10.9. The number of ketones is 1. The van der Waals surface area contributed by atoms with Crippen molar-refractivity contribution >= 4 is 23.1 Å². The SMILES string of the molecule is COC(=O)C(C)(C)C(=O)c1cccs1. The van der Waals surface area contributed by atoms with Gasteiger partial charge in [-0.3, -0.25) is 9.59 Å². The second-order valence-corrected chi connectivity index (χ2v) is 4.37. The molecule has 0 aliphatic heterocycles. The van der Waals surface area contributed by atoms with Crippen LogP contribution in [0.2, 0.25) is 0 Å². The molecular formula is C10H12O3S. The normalized spacial score (nSPS) is 11.1. The van der Waals surface area contributed by atoms with Gasteiger partial charge < -0.3 is 4.74 Å². The van der Waals surface area contributed by atoms with Crippen LogP contribution in [0.25, 0.3) is 0 Å². The van der Waals surface area contributed by atoms with E-state index in [9.17, 15) is 9.59 Å². The molecule has 14 heavy (non-hydrogen) atoms. The predicted octanol–water partition coefficient (Wildman–Crippen LogP) is 2.13. The third-order valence-electron chi connectivity index (χ3n) is 2.01. The van der Waals surface area contributed by atoms with Crippen molar-refractivity contribution < 1.29 is 14.3 Å². The highest BCUT2D eigenvalue weighted by atomic mass is 32.1. The lowest BCUT2D eigenvalue weighted by Crippen LogP contribution is -2.34. The molecule has 3 nitrogen and oxygen atoms in total. The van der Waals surface area contributed by atoms with E-state index in [1.54, 1.807) is 31.4 Å². The Morgan fingerprint density at radius 1 is 1.43 bits per heavy atom. The number of ether oxygens (including phenoxy) is 1. The monoisotopic (exact) mass is 212 g/mol. The minimum atomic E-state index is -1.10. The van der Waals surface area contributed by atoms with E-state index in [1.807, 2.05) is 0 Å². The molecule has 76 valence electrons. The summed E-state index contributed by atoms with van der Waals surface area (Å²) in [6.07, 6.45) is 0. The van der Waals surface area contributed by atoms with Crippen LogP contribution in [0.5, 0.6) is 0 Å². The Labute approximate surface area is 86.7 Å². The van der Waals surface area contributed by atoms with Gasteiger partial charge in [0.2, 0.25) is 0 Å². The van der Waals surface area contributed by atoms with Crippen LogP contribution in [0.1, 0.15) is 23.5 Å². The van der Waals surface area contributed by atoms with Gasteiger partial charge in [-0.05, 0) is 25.3 Å². The van der Waals surface area contributed by atoms with Crippen LogP contribution in [0.3, 0.4) is 0 Å². The van der Waals surface area contributed by atoms with Gasteiger partial charge in [-0.25, -0.2) is 0 Å². The van der Waals surface area contributed by atoms with Crippen LogP contribution in [-0.2, 0) is 9.53 Å². The first-order valence-corrected chi connectivity index (χ1v) is 5.05. The zero-order valence-electron chi connectivity index (χ0n) is 8.37. The minimum Gasteiger partial charge on any atom is -0.468 e. The molecular weight excluding hydrogens is 200 g/mol. The van der Waals surface area contributed by atoms with Crippen molar-refractivity contribution in [3.05, 3.63) is 22.4 Å². The molecule has 0 bridgehead atoms. The van der Waals surface area contributed by atoms with Gasteiger partial charge in [0.05, 0.1) is 12.0 Å². The van der Waals surface area contributed by atoms with E-state index in [0.717, 1.165) is 0 Å². The first-order chi connectivity index (χ1) is 6.50. The van der Waals surface area contributed by atoms with Gasteiger partial charge in [-0.1, -0.05) is 6.07 Å². The molecule has 0 radical (unpaired) electrons. The Balaban J connectivity index is 2.94. The number of rotatable bonds is 3. The number of carbonyl (C=O) groups excluding carboxylic acids is 2. The molecule has 0 spiro atoms. The number of Topliss-reactive ketones (excluding diaryl/α,β-unsaturated/α-hetero) is 1. The van der Waals surface area contributed by atoms with Crippen molar-refractivity contribution in [2.45, 2.75) is 13.8 Å². The standard InChI is InChI=1S/C10H12O3S/c1-10(2,9(12)13-3)8(11)7-5-4-6-14-7/h4-6H,1-3H3. The Morgan fingerprint density at radius 3 is 2.50 bits per heavy atom. The average Bonchev–Trinajstić information content (AvgIpc) is 2.67. The summed E-state index contributed by atoms with van der Waals surface area (Å²) in [5, 5.41) is 1.81. The smallest absolute Gasteiger partial charge is 0.319 e. The maximum absolute atomic E-state index is 11.8. The highest BCUT2D eigenvalue weighted by Crippen LogP contribution is 2.25. The Hall–Kier alpha value is -1.16. The second-order valence-electron chi connectivity index (χ2n) is 3.42. The zero-order valence-corrected chi connectivity index (χ0v) is 9.18. The van der Waals surface area contributed by atoms with Crippen molar-refractivity contribution in [1.29, 1.82) is 0 Å². The summed E-state index contributed by atoms with van der Waals surface area (Å²) < 4.78 is 4.58. The van der Waals surface area contributed by atoms with Crippen molar-refractivity contribution in [3.63, 3.8) is 0 Å². The fourth-order valence-corrected chi connectivity index (χ4v) is 1.89. The molecule has 1 rings (SSSR count). The lowest BCUT2D eigenvalue weighted by molar-refractivity contribution is -0.147. The van der Waals surface area contributed by atoms with Gasteiger partial charge in [-0.15, -0.1) is 11.3 Å². The minimum absolute atomic E-state index is 0.195. The number of hydrogen-bond acceptors (Lipinski definition) is 4. The summed E-state index contributed by atoms with van der Waals surface area (Å²) in [7, 11) is 1.28. The maximum Gasteiger partial charge on any atom is 0.319 e. The molecule has 0 saturated carbocycles. The number of methoxy groups -OCH3 is 1. The van der Waals surface area contributed by atoms with Crippen LogP contribution in [-0.4, -0.2) is 18.9 Å². The Bertz CT molecular complexity index is 338. The topological polar surface area (TPSA) is 43.4 Å². The Kier molecular flexibility index (Phi) is 3.06. The van der Waals surface area contributed by atoms with E-state index in [1.165, 1.54) is 18.4 Å². The average molecular weight is 212 g/mol. The number of carbonyl (C=O) groups is 2. The van der Waals surface area contributed by atoms with Crippen LogP contribution in [0.15, 0.2) is 17.5 Å². The summed E-state index contributed by atoms with van der Waals surface area (Å²) >= 11 is 1.33. The molecule has 0 amide bonds. The number of esters is 1. The van der Waals surface area contributed by atoms with Gasteiger partial charge in [0.15, 0.2) is 5.78 Å². The van der Waals surface area contributed by atoms with E-state index in [4.69, 9.17) is 0 Å². The van der Waals surface area contributed by atoms with Crippen molar-refractivity contribution in [3.8, 4) is 0 Å². The fraction of sp³-hybridized carbons (Fsp3) is 0.400. The molecule has 1 aromatic heterocycles. The van der Waals surface area contributed by atoms with E-state index in [-0.39, 0.29) is 5.78 Å². The van der Waals surface area contributed by atoms with Gasteiger partial charge in [-0.2, -0.15) is 0 Å². The van der Waals surface area contributed by atoms with Gasteiger partial charge in [0.25, 0.3) is 0 Å². The molecule has 0 aliphatic carbocycles. The third kappa shape index (κ3) is 1.85. The van der Waals surface area contributed by atoms with E-state index in [0.29, 0.717) is 4.88 Å². The summed E-state index contributed by atoms with van der Waals surface area (Å²) in [4.78, 5) is 23.8. The summed E-state index contributed by atoms with van der Waals surface area (Å²) in [5.74, 6) is -0.699. The van der Waals surface area contributed by atoms with Gasteiger partial charge in [0.1, 0.15) is 5.41 Å². The fourth-order valence-electron chi connectivity index (χ4n) is 1.06. The highest BCUT2D eigenvalue weighted by Gasteiger charge is 2.38. The molecule has 0 N–H and O–H groups in total. The molecule has 0 atom stereocenters. The summed E-state index contributed by atoms with van der Waals surface area (Å²) in [6.45, 7) is 3.14. The summed E-state index contributed by atoms with van der Waals surface area (Å²) in [5.41, 5.74) is -1.10. The van der Waals surface area contributed by atoms with E-state index in [2.05, 4.69) is 4.74 Å². The van der Waals surface area contributed by atoms with Gasteiger partial charge >= 0.3 is 5.97 Å². The lowest BCUT2D eigenvalue weighted by Gasteiger charge is -2.18. The van der Waals surface area contributed by atoms with Crippen molar-refractivity contribution in [1.82, 2.24) is 0 Å². The van der Waals surface area contributed by atoms with Crippen molar-refractivity contribution in [2.24, 2.45) is 5.41 Å². The highest BCUT2D eigenvalue weighted by molar-refractivity contribution is 7.12. The molecule has 0 aromatic carbocycles. The number of hydrogen-bond donors (Lipinski definition) is 0. The van der Waals surface area contributed by atoms with Crippen molar-refractivity contribution in [2.75, 3.05) is 7.11 Å². The molecule has 0 aliphatic rings. The molecule has 0 fully saturated rings. The molecule has 4 heteroatoms. The first-order valence-electron chi connectivity index (χ1n) is 4.17. The lowest BCUT2D eigenvalue weighted by atomic mass is 9.87. The van der Waals surface area contributed by atoms with Crippen LogP contribution < -0.4 is 0 Å². The quantitative estimate of drug-likeness (QED) is 0.438. The summed E-state index contributed by atoms with van der Waals surface area (Å²) in [6, 6.07) is 3.49.